The molecule has 1 fully saturated rings. The number of aryl methyl sites for hydroxylation is 2. The summed E-state index contributed by atoms with van der Waals surface area (Å²) >= 11 is 0. The Bertz CT molecular complexity index is 553. The van der Waals surface area contributed by atoms with Crippen LogP contribution in [0.15, 0.2) is 11.2 Å². The van der Waals surface area contributed by atoms with Crippen molar-refractivity contribution in [2.45, 2.75) is 26.9 Å². The van der Waals surface area contributed by atoms with Gasteiger partial charge in [0, 0.05) is 11.1 Å². The van der Waals surface area contributed by atoms with Gasteiger partial charge >= 0.3 is 6.16 Å². The number of rotatable bonds is 4. The van der Waals surface area contributed by atoms with Gasteiger partial charge in [-0.1, -0.05) is 11.2 Å². The van der Waals surface area contributed by atoms with E-state index < -0.39 is 12.3 Å². The van der Waals surface area contributed by atoms with Crippen molar-refractivity contribution in [2.24, 2.45) is 5.16 Å². The highest BCUT2D eigenvalue weighted by molar-refractivity contribution is 5.84. The second-order valence-electron chi connectivity index (χ2n) is 4.73. The third kappa shape index (κ3) is 2.84. The van der Waals surface area contributed by atoms with E-state index in [0.29, 0.717) is 5.75 Å². The normalized spacial score (nSPS) is 18.1. The van der Waals surface area contributed by atoms with Gasteiger partial charge in [0.25, 0.3) is 0 Å². The lowest BCUT2D eigenvalue weighted by Gasteiger charge is -2.17. The minimum absolute atomic E-state index is 0.202. The van der Waals surface area contributed by atoms with E-state index in [9.17, 15) is 4.79 Å². The molecule has 2 rings (SSSR count). The molecule has 0 aromatic heterocycles. The van der Waals surface area contributed by atoms with Crippen LogP contribution in [0.3, 0.4) is 0 Å². The first-order valence-electron chi connectivity index (χ1n) is 6.27. The smallest absolute Gasteiger partial charge is 0.489 e. The predicted octanol–water partition coefficient (Wildman–Crippen LogP) is 2.33. The number of benzene rings is 1. The van der Waals surface area contributed by atoms with Crippen LogP contribution >= 0.6 is 0 Å². The summed E-state index contributed by atoms with van der Waals surface area (Å²) in [5.74, 6) is 0.702. The van der Waals surface area contributed by atoms with Crippen LogP contribution in [0, 0.1) is 20.8 Å². The number of oxime groups is 1. The first-order valence-corrected chi connectivity index (χ1v) is 6.27. The number of hydrogen-bond donors (Lipinski definition) is 1. The van der Waals surface area contributed by atoms with Gasteiger partial charge in [0.05, 0.1) is 6.21 Å². The Hall–Kier alpha value is -2.24. The molecule has 0 amide bonds. The number of hydrogen-bond acceptors (Lipinski definition) is 6. The molecule has 1 aliphatic rings. The largest absolute Gasteiger partial charge is 0.508 e. The Kier molecular flexibility index (Phi) is 4.12. The predicted molar refractivity (Wildman–Crippen MR) is 71.7 cm³/mol. The van der Waals surface area contributed by atoms with E-state index in [1.165, 1.54) is 6.21 Å². The third-order valence-electron chi connectivity index (χ3n) is 3.21. The lowest BCUT2D eigenvalue weighted by atomic mass is 9.99. The minimum atomic E-state index is -0.663. The molecule has 0 aliphatic carbocycles. The van der Waals surface area contributed by atoms with Gasteiger partial charge in [-0.2, -0.15) is 0 Å². The molecule has 20 heavy (non-hydrogen) atoms. The van der Waals surface area contributed by atoms with Gasteiger partial charge in [0.1, 0.15) is 19.0 Å². The maximum absolute atomic E-state index is 10.8. The van der Waals surface area contributed by atoms with Crippen LogP contribution in [0.5, 0.6) is 5.75 Å². The van der Waals surface area contributed by atoms with Crippen molar-refractivity contribution >= 4 is 12.4 Å². The topological polar surface area (TPSA) is 77.4 Å². The summed E-state index contributed by atoms with van der Waals surface area (Å²) in [6.07, 6.45) is 0.331. The van der Waals surface area contributed by atoms with Crippen LogP contribution in [-0.2, 0) is 9.47 Å². The van der Waals surface area contributed by atoms with Crippen LogP contribution in [-0.4, -0.2) is 36.9 Å². The fourth-order valence-electron chi connectivity index (χ4n) is 2.28. The second-order valence-corrected chi connectivity index (χ2v) is 4.73. The summed E-state index contributed by atoms with van der Waals surface area (Å²) in [6.45, 7) is 6.20. The average molecular weight is 279 g/mol. The number of cyclic esters (lactones) is 2. The quantitative estimate of drug-likeness (QED) is 0.396. The summed E-state index contributed by atoms with van der Waals surface area (Å²) in [6, 6.07) is 1.95. The monoisotopic (exact) mass is 279 g/mol. The van der Waals surface area contributed by atoms with E-state index in [2.05, 4.69) is 5.16 Å². The van der Waals surface area contributed by atoms with Crippen LogP contribution in [0.1, 0.15) is 22.3 Å². The molecule has 1 aliphatic heterocycles. The van der Waals surface area contributed by atoms with Gasteiger partial charge in [0.2, 0.25) is 0 Å². The van der Waals surface area contributed by atoms with Gasteiger partial charge in [-0.25, -0.2) is 4.79 Å². The van der Waals surface area contributed by atoms with Gasteiger partial charge in [0.15, 0.2) is 6.10 Å². The van der Waals surface area contributed by atoms with Crippen molar-refractivity contribution in [1.29, 1.82) is 0 Å². The van der Waals surface area contributed by atoms with Crippen LogP contribution < -0.4 is 4.74 Å². The molecule has 1 heterocycles. The molecular formula is C14H17NO5. The summed E-state index contributed by atoms with van der Waals surface area (Å²) in [5.41, 5.74) is 3.67. The molecule has 108 valence electrons. The fraction of sp³-hybridized carbons (Fsp3) is 0.429. The van der Waals surface area contributed by atoms with E-state index in [0.717, 1.165) is 22.3 Å². The molecule has 0 radical (unpaired) electrons. The lowest BCUT2D eigenvalue weighted by Crippen LogP contribution is -2.20. The summed E-state index contributed by atoms with van der Waals surface area (Å²) < 4.78 is 15.4. The SMILES string of the molecule is Cc1cc(C)c(OCC2COC(=O)O2)c(C)c1/C=N/O. The highest BCUT2D eigenvalue weighted by Crippen LogP contribution is 2.28. The standard InChI is InChI=1S/C14H17NO5/c1-8-4-9(2)13(10(3)12(8)5-15-17)18-6-11-7-19-14(16)20-11/h4-5,11,17H,6-7H2,1-3H3/b15-5+. The zero-order valence-corrected chi connectivity index (χ0v) is 11.7. The molecule has 6 heteroatoms. The highest BCUT2D eigenvalue weighted by Gasteiger charge is 2.26. The van der Waals surface area contributed by atoms with Crippen molar-refractivity contribution in [2.75, 3.05) is 13.2 Å². The van der Waals surface area contributed by atoms with Crippen molar-refractivity contribution < 1.29 is 24.2 Å². The van der Waals surface area contributed by atoms with Gasteiger partial charge in [-0.15, -0.1) is 0 Å². The maximum atomic E-state index is 10.8. The summed E-state index contributed by atoms with van der Waals surface area (Å²) in [7, 11) is 0. The third-order valence-corrected chi connectivity index (χ3v) is 3.21. The molecule has 0 saturated carbocycles. The first-order chi connectivity index (χ1) is 9.52. The molecular weight excluding hydrogens is 262 g/mol. The van der Waals surface area contributed by atoms with E-state index in [1.807, 2.05) is 26.8 Å². The van der Waals surface area contributed by atoms with Crippen LogP contribution in [0.2, 0.25) is 0 Å². The van der Waals surface area contributed by atoms with Gasteiger partial charge < -0.3 is 19.4 Å². The van der Waals surface area contributed by atoms with Gasteiger partial charge in [-0.3, -0.25) is 0 Å². The average Bonchev–Trinajstić information content (AvgIpc) is 2.80. The Labute approximate surface area is 116 Å². The Balaban J connectivity index is 2.18. The number of ether oxygens (including phenoxy) is 3. The number of carbonyl (C=O) groups excluding carboxylic acids is 1. The molecule has 1 aromatic carbocycles. The zero-order chi connectivity index (χ0) is 14.7. The maximum Gasteiger partial charge on any atom is 0.508 e. The molecule has 0 bridgehead atoms. The minimum Gasteiger partial charge on any atom is -0.489 e. The number of nitrogens with zero attached hydrogens (tertiary/aromatic N) is 1. The van der Waals surface area contributed by atoms with Crippen LogP contribution in [0.25, 0.3) is 0 Å². The van der Waals surface area contributed by atoms with E-state index in [4.69, 9.17) is 19.4 Å². The molecule has 1 unspecified atom stereocenters. The highest BCUT2D eigenvalue weighted by atomic mass is 16.8. The molecule has 0 spiro atoms. The number of carbonyl (C=O) groups is 1. The first kappa shape index (κ1) is 14.2. The Morgan fingerprint density at radius 1 is 1.45 bits per heavy atom. The fourth-order valence-corrected chi connectivity index (χ4v) is 2.28. The molecule has 1 N–H and O–H groups in total. The molecule has 1 saturated heterocycles. The molecule has 6 nitrogen and oxygen atoms in total. The Morgan fingerprint density at radius 3 is 2.80 bits per heavy atom. The Morgan fingerprint density at radius 2 is 2.20 bits per heavy atom. The van der Waals surface area contributed by atoms with Crippen molar-refractivity contribution in [3.8, 4) is 5.75 Å². The van der Waals surface area contributed by atoms with Crippen LogP contribution in [0.4, 0.5) is 4.79 Å². The summed E-state index contributed by atoms with van der Waals surface area (Å²) in [5, 5.41) is 11.8. The zero-order valence-electron chi connectivity index (χ0n) is 11.7. The molecule has 1 aromatic rings. The second kappa shape index (κ2) is 5.81. The van der Waals surface area contributed by atoms with E-state index in [-0.39, 0.29) is 13.2 Å². The van der Waals surface area contributed by atoms with Gasteiger partial charge in [-0.05, 0) is 31.9 Å². The van der Waals surface area contributed by atoms with Crippen molar-refractivity contribution in [1.82, 2.24) is 0 Å². The van der Waals surface area contributed by atoms with Crippen molar-refractivity contribution in [3.05, 3.63) is 28.3 Å². The summed E-state index contributed by atoms with van der Waals surface area (Å²) in [4.78, 5) is 10.8. The van der Waals surface area contributed by atoms with E-state index in [1.54, 1.807) is 0 Å². The van der Waals surface area contributed by atoms with Crippen molar-refractivity contribution in [3.63, 3.8) is 0 Å². The lowest BCUT2D eigenvalue weighted by molar-refractivity contribution is 0.0980. The molecule has 1 atom stereocenters. The van der Waals surface area contributed by atoms with E-state index >= 15 is 0 Å².